The summed E-state index contributed by atoms with van der Waals surface area (Å²) in [7, 11) is -3.64. The first kappa shape index (κ1) is 18.9. The van der Waals surface area contributed by atoms with Gasteiger partial charge in [-0.15, -0.1) is 12.4 Å². The number of nitrogens with one attached hydrogen (secondary N) is 1. The van der Waals surface area contributed by atoms with Crippen molar-refractivity contribution >= 4 is 22.4 Å². The molecule has 0 aliphatic carbocycles. The van der Waals surface area contributed by atoms with Gasteiger partial charge in [-0.2, -0.15) is 9.57 Å². The summed E-state index contributed by atoms with van der Waals surface area (Å²) in [5.41, 5.74) is 0.948. The average molecular weight is 344 g/mol. The van der Waals surface area contributed by atoms with Crippen molar-refractivity contribution in [1.29, 1.82) is 5.26 Å². The van der Waals surface area contributed by atoms with E-state index in [0.717, 1.165) is 19.4 Å². The molecule has 1 fully saturated rings. The summed E-state index contributed by atoms with van der Waals surface area (Å²) in [6.45, 7) is 5.71. The van der Waals surface area contributed by atoms with Gasteiger partial charge in [-0.1, -0.05) is 19.1 Å². The Morgan fingerprint density at radius 2 is 2.18 bits per heavy atom. The van der Waals surface area contributed by atoms with E-state index in [1.165, 1.54) is 6.07 Å². The van der Waals surface area contributed by atoms with E-state index < -0.39 is 10.0 Å². The highest BCUT2D eigenvalue weighted by Gasteiger charge is 2.34. The molecule has 1 aromatic carbocycles. The van der Waals surface area contributed by atoms with E-state index in [2.05, 4.69) is 5.32 Å². The fourth-order valence-corrected chi connectivity index (χ4v) is 4.69. The number of sulfonamides is 1. The number of aryl methyl sites for hydroxylation is 1. The molecule has 1 aliphatic rings. The van der Waals surface area contributed by atoms with Crippen molar-refractivity contribution in [3.8, 4) is 6.07 Å². The molecule has 0 bridgehead atoms. The fraction of sp³-hybridized carbons (Fsp3) is 0.533. The lowest BCUT2D eigenvalue weighted by Gasteiger charge is -2.27. The van der Waals surface area contributed by atoms with Crippen LogP contribution in [0.5, 0.6) is 0 Å². The van der Waals surface area contributed by atoms with Gasteiger partial charge < -0.3 is 5.32 Å². The molecule has 1 unspecified atom stereocenters. The van der Waals surface area contributed by atoms with Gasteiger partial charge in [0, 0.05) is 19.1 Å². The third-order valence-electron chi connectivity index (χ3n) is 3.82. The van der Waals surface area contributed by atoms with Crippen molar-refractivity contribution in [2.45, 2.75) is 37.6 Å². The van der Waals surface area contributed by atoms with Gasteiger partial charge >= 0.3 is 0 Å². The van der Waals surface area contributed by atoms with E-state index in [4.69, 9.17) is 0 Å². The van der Waals surface area contributed by atoms with E-state index in [1.54, 1.807) is 23.4 Å². The average Bonchev–Trinajstić information content (AvgIpc) is 2.98. The Balaban J connectivity index is 0.00000242. The lowest BCUT2D eigenvalue weighted by molar-refractivity contribution is 0.335. The Hall–Kier alpha value is -1.13. The number of hydrogen-bond donors (Lipinski definition) is 1. The maximum atomic E-state index is 13.0. The second-order valence-electron chi connectivity index (χ2n) is 5.32. The maximum Gasteiger partial charge on any atom is 0.244 e. The summed E-state index contributed by atoms with van der Waals surface area (Å²) >= 11 is 0. The number of benzene rings is 1. The topological polar surface area (TPSA) is 73.2 Å². The summed E-state index contributed by atoms with van der Waals surface area (Å²) in [5.74, 6) is 0. The zero-order valence-corrected chi connectivity index (χ0v) is 14.5. The molecule has 122 valence electrons. The van der Waals surface area contributed by atoms with Gasteiger partial charge in [-0.05, 0) is 37.9 Å². The van der Waals surface area contributed by atoms with Crippen LogP contribution in [0.25, 0.3) is 0 Å². The van der Waals surface area contributed by atoms with Crippen LogP contribution in [0.15, 0.2) is 23.1 Å². The molecule has 1 heterocycles. The number of nitrogens with zero attached hydrogens (tertiary/aromatic N) is 2. The molecule has 1 atom stereocenters. The van der Waals surface area contributed by atoms with Crippen molar-refractivity contribution in [2.24, 2.45) is 0 Å². The van der Waals surface area contributed by atoms with Crippen molar-refractivity contribution in [2.75, 3.05) is 19.6 Å². The number of hydrogen-bond acceptors (Lipinski definition) is 4. The van der Waals surface area contributed by atoms with Gasteiger partial charge in [0.15, 0.2) is 0 Å². The van der Waals surface area contributed by atoms with Crippen LogP contribution in [-0.2, 0) is 10.0 Å². The second kappa shape index (κ2) is 7.93. The van der Waals surface area contributed by atoms with Crippen LogP contribution in [0, 0.1) is 18.3 Å². The molecule has 1 aliphatic heterocycles. The summed E-state index contributed by atoms with van der Waals surface area (Å²) in [6, 6.07) is 7.00. The van der Waals surface area contributed by atoms with E-state index in [1.807, 2.05) is 13.0 Å². The SMILES string of the molecule is CCCN(C1CCNC1)S(=O)(=O)c1cccc(C)c1C#N.Cl. The van der Waals surface area contributed by atoms with Gasteiger partial charge in [-0.25, -0.2) is 8.42 Å². The van der Waals surface area contributed by atoms with Crippen LogP contribution in [0.2, 0.25) is 0 Å². The number of halogens is 1. The molecule has 1 aromatic rings. The largest absolute Gasteiger partial charge is 0.315 e. The molecule has 22 heavy (non-hydrogen) atoms. The molecule has 1 saturated heterocycles. The van der Waals surface area contributed by atoms with Gasteiger partial charge in [0.1, 0.15) is 11.0 Å². The van der Waals surface area contributed by atoms with Gasteiger partial charge in [0.05, 0.1) is 5.56 Å². The van der Waals surface area contributed by atoms with Crippen LogP contribution in [-0.4, -0.2) is 38.4 Å². The summed E-state index contributed by atoms with van der Waals surface area (Å²) < 4.78 is 27.5. The normalized spacial score (nSPS) is 18.0. The minimum Gasteiger partial charge on any atom is -0.315 e. The number of nitriles is 1. The second-order valence-corrected chi connectivity index (χ2v) is 7.18. The lowest BCUT2D eigenvalue weighted by atomic mass is 10.1. The first-order valence-electron chi connectivity index (χ1n) is 7.24. The van der Waals surface area contributed by atoms with Crippen LogP contribution in [0.4, 0.5) is 0 Å². The van der Waals surface area contributed by atoms with Crippen molar-refractivity contribution < 1.29 is 8.42 Å². The van der Waals surface area contributed by atoms with E-state index in [-0.39, 0.29) is 28.9 Å². The van der Waals surface area contributed by atoms with Crippen molar-refractivity contribution in [1.82, 2.24) is 9.62 Å². The predicted octanol–water partition coefficient (Wildman–Crippen LogP) is 2.05. The third kappa shape index (κ3) is 3.61. The molecular weight excluding hydrogens is 322 g/mol. The molecule has 0 aromatic heterocycles. The van der Waals surface area contributed by atoms with Crippen LogP contribution in [0.1, 0.15) is 30.9 Å². The zero-order valence-electron chi connectivity index (χ0n) is 12.9. The van der Waals surface area contributed by atoms with Gasteiger partial charge in [0.2, 0.25) is 10.0 Å². The van der Waals surface area contributed by atoms with Gasteiger partial charge in [0.25, 0.3) is 0 Å². The molecule has 0 saturated carbocycles. The third-order valence-corrected chi connectivity index (χ3v) is 5.81. The quantitative estimate of drug-likeness (QED) is 0.888. The van der Waals surface area contributed by atoms with E-state index in [0.29, 0.717) is 18.7 Å². The monoisotopic (exact) mass is 343 g/mol. The highest BCUT2D eigenvalue weighted by atomic mass is 35.5. The van der Waals surface area contributed by atoms with E-state index in [9.17, 15) is 13.7 Å². The Labute approximate surface area is 138 Å². The Kier molecular flexibility index (Phi) is 6.82. The van der Waals surface area contributed by atoms with Crippen molar-refractivity contribution in [3.05, 3.63) is 29.3 Å². The first-order valence-corrected chi connectivity index (χ1v) is 8.68. The Bertz CT molecular complexity index is 649. The standard InChI is InChI=1S/C15H21N3O2S.ClH/c1-3-9-18(13-7-8-17-11-13)21(19,20)15-6-4-5-12(2)14(15)10-16;/h4-6,13,17H,3,7-9,11H2,1-2H3;1H. The highest BCUT2D eigenvalue weighted by molar-refractivity contribution is 7.89. The smallest absolute Gasteiger partial charge is 0.244 e. The Morgan fingerprint density at radius 1 is 1.45 bits per heavy atom. The molecule has 0 spiro atoms. The van der Waals surface area contributed by atoms with E-state index >= 15 is 0 Å². The van der Waals surface area contributed by atoms with Crippen LogP contribution < -0.4 is 5.32 Å². The minimum atomic E-state index is -3.64. The molecular formula is C15H22ClN3O2S. The maximum absolute atomic E-state index is 13.0. The molecule has 0 radical (unpaired) electrons. The molecule has 1 N–H and O–H groups in total. The first-order chi connectivity index (χ1) is 10.0. The molecule has 5 nitrogen and oxygen atoms in total. The molecule has 0 amide bonds. The predicted molar refractivity (Wildman–Crippen MR) is 88.6 cm³/mol. The van der Waals surface area contributed by atoms with Crippen LogP contribution in [0.3, 0.4) is 0 Å². The van der Waals surface area contributed by atoms with Gasteiger partial charge in [-0.3, -0.25) is 0 Å². The Morgan fingerprint density at radius 3 is 2.73 bits per heavy atom. The van der Waals surface area contributed by atoms with Crippen molar-refractivity contribution in [3.63, 3.8) is 0 Å². The molecule has 7 heteroatoms. The fourth-order valence-electron chi connectivity index (χ4n) is 2.73. The number of rotatable bonds is 5. The summed E-state index contributed by atoms with van der Waals surface area (Å²) in [6.07, 6.45) is 1.57. The highest BCUT2D eigenvalue weighted by Crippen LogP contribution is 2.25. The zero-order chi connectivity index (χ0) is 15.5. The minimum absolute atomic E-state index is 0. The summed E-state index contributed by atoms with van der Waals surface area (Å²) in [5, 5.41) is 12.5. The molecule has 2 rings (SSSR count). The summed E-state index contributed by atoms with van der Waals surface area (Å²) in [4.78, 5) is 0.130. The lowest BCUT2D eigenvalue weighted by Crippen LogP contribution is -2.42. The van der Waals surface area contributed by atoms with Crippen LogP contribution >= 0.6 is 12.4 Å².